The van der Waals surface area contributed by atoms with Crippen molar-refractivity contribution in [2.24, 2.45) is 0 Å². The van der Waals surface area contributed by atoms with Crippen LogP contribution in [0, 0.1) is 13.8 Å². The van der Waals surface area contributed by atoms with Crippen molar-refractivity contribution in [3.63, 3.8) is 0 Å². The zero-order valence-electron chi connectivity index (χ0n) is 17.0. The number of amides is 1. The van der Waals surface area contributed by atoms with Crippen molar-refractivity contribution in [2.75, 3.05) is 11.8 Å². The molecule has 156 valence electrons. The molecule has 0 spiro atoms. The lowest BCUT2D eigenvalue weighted by Gasteiger charge is -2.19. The monoisotopic (exact) mass is 442 g/mol. The average Bonchev–Trinajstić information content (AvgIpc) is 2.69. The number of anilines is 1. The number of sulfonamides is 1. The SMILES string of the molecule is Cc1cccc(CN(C)C(=O)c2ccc(C)c(NS(=O)(=O)c3ccc(Cl)cc3)c2)c1. The largest absolute Gasteiger partial charge is 0.337 e. The van der Waals surface area contributed by atoms with Crippen LogP contribution in [0.25, 0.3) is 0 Å². The molecule has 3 aromatic carbocycles. The number of benzene rings is 3. The molecule has 0 heterocycles. The number of nitrogens with zero attached hydrogens (tertiary/aromatic N) is 1. The minimum atomic E-state index is -3.80. The number of carbonyl (C=O) groups excluding carboxylic acids is 1. The van der Waals surface area contributed by atoms with E-state index in [0.717, 1.165) is 11.1 Å². The predicted molar refractivity (Wildman–Crippen MR) is 120 cm³/mol. The Morgan fingerprint density at radius 1 is 1.00 bits per heavy atom. The highest BCUT2D eigenvalue weighted by Crippen LogP contribution is 2.23. The van der Waals surface area contributed by atoms with Crippen molar-refractivity contribution in [1.29, 1.82) is 0 Å². The molecule has 3 aromatic rings. The second-order valence-electron chi connectivity index (χ2n) is 7.24. The third kappa shape index (κ3) is 5.20. The van der Waals surface area contributed by atoms with Crippen LogP contribution in [0.15, 0.2) is 71.6 Å². The molecule has 1 amide bonds. The topological polar surface area (TPSA) is 66.5 Å². The Morgan fingerprint density at radius 3 is 2.37 bits per heavy atom. The van der Waals surface area contributed by atoms with Crippen LogP contribution in [0.4, 0.5) is 5.69 Å². The summed E-state index contributed by atoms with van der Waals surface area (Å²) in [7, 11) is -2.08. The van der Waals surface area contributed by atoms with Crippen LogP contribution < -0.4 is 4.72 Å². The summed E-state index contributed by atoms with van der Waals surface area (Å²) in [5.41, 5.74) is 3.64. The van der Waals surface area contributed by atoms with Gasteiger partial charge in [-0.05, 0) is 61.4 Å². The first kappa shape index (κ1) is 21.9. The van der Waals surface area contributed by atoms with Gasteiger partial charge in [-0.1, -0.05) is 47.5 Å². The number of hydrogen-bond acceptors (Lipinski definition) is 3. The van der Waals surface area contributed by atoms with Gasteiger partial charge in [0, 0.05) is 24.2 Å². The Bertz CT molecular complexity index is 1180. The van der Waals surface area contributed by atoms with Crippen LogP contribution in [0.5, 0.6) is 0 Å². The number of halogens is 1. The maximum atomic E-state index is 12.9. The van der Waals surface area contributed by atoms with Gasteiger partial charge >= 0.3 is 0 Å². The minimum Gasteiger partial charge on any atom is -0.337 e. The molecule has 0 aromatic heterocycles. The normalized spacial score (nSPS) is 11.2. The van der Waals surface area contributed by atoms with Gasteiger partial charge in [0.25, 0.3) is 15.9 Å². The maximum Gasteiger partial charge on any atom is 0.261 e. The molecule has 0 atom stereocenters. The van der Waals surface area contributed by atoms with E-state index in [2.05, 4.69) is 4.72 Å². The predicted octanol–water partition coefficient (Wildman–Crippen LogP) is 5.03. The standard InChI is InChI=1S/C23H23ClN2O3S/c1-16-5-4-6-18(13-16)15-26(3)23(27)19-8-7-17(2)22(14-19)25-30(28,29)21-11-9-20(24)10-12-21/h4-14,25H,15H2,1-3H3. The third-order valence-corrected chi connectivity index (χ3v) is 6.34. The summed E-state index contributed by atoms with van der Waals surface area (Å²) in [6.07, 6.45) is 0. The number of nitrogens with one attached hydrogen (secondary N) is 1. The summed E-state index contributed by atoms with van der Waals surface area (Å²) >= 11 is 5.84. The Balaban J connectivity index is 1.82. The molecule has 0 unspecified atom stereocenters. The first-order valence-electron chi connectivity index (χ1n) is 9.36. The van der Waals surface area contributed by atoms with Crippen LogP contribution in [-0.4, -0.2) is 26.3 Å². The first-order chi connectivity index (χ1) is 14.2. The molecular weight excluding hydrogens is 420 g/mol. The Labute approximate surface area is 182 Å². The first-order valence-corrected chi connectivity index (χ1v) is 11.2. The van der Waals surface area contributed by atoms with E-state index in [-0.39, 0.29) is 10.8 Å². The van der Waals surface area contributed by atoms with Crippen LogP contribution in [0.1, 0.15) is 27.0 Å². The van der Waals surface area contributed by atoms with E-state index in [1.807, 2.05) is 31.2 Å². The van der Waals surface area contributed by atoms with Crippen molar-refractivity contribution in [1.82, 2.24) is 4.90 Å². The van der Waals surface area contributed by atoms with Gasteiger partial charge in [-0.15, -0.1) is 0 Å². The van der Waals surface area contributed by atoms with E-state index < -0.39 is 10.0 Å². The molecule has 0 radical (unpaired) electrons. The fraction of sp³-hybridized carbons (Fsp3) is 0.174. The second kappa shape index (κ2) is 8.90. The van der Waals surface area contributed by atoms with Crippen molar-refractivity contribution in [2.45, 2.75) is 25.3 Å². The van der Waals surface area contributed by atoms with E-state index in [0.29, 0.717) is 28.4 Å². The van der Waals surface area contributed by atoms with Crippen molar-refractivity contribution >= 4 is 33.2 Å². The van der Waals surface area contributed by atoms with E-state index in [1.165, 1.54) is 24.3 Å². The molecule has 3 rings (SSSR count). The quantitative estimate of drug-likeness (QED) is 0.582. The zero-order valence-corrected chi connectivity index (χ0v) is 18.6. The number of aryl methyl sites for hydroxylation is 2. The molecule has 0 fully saturated rings. The Kier molecular flexibility index (Phi) is 6.48. The molecule has 0 aliphatic heterocycles. The molecule has 1 N–H and O–H groups in total. The lowest BCUT2D eigenvalue weighted by Crippen LogP contribution is -2.26. The summed E-state index contributed by atoms with van der Waals surface area (Å²) in [5.74, 6) is -0.191. The van der Waals surface area contributed by atoms with Gasteiger partial charge in [0.1, 0.15) is 0 Å². The van der Waals surface area contributed by atoms with Crippen molar-refractivity contribution in [3.8, 4) is 0 Å². The summed E-state index contributed by atoms with van der Waals surface area (Å²) in [6.45, 7) is 4.25. The lowest BCUT2D eigenvalue weighted by atomic mass is 10.1. The summed E-state index contributed by atoms with van der Waals surface area (Å²) in [5, 5.41) is 0.453. The molecular formula is C23H23ClN2O3S. The Hall–Kier alpha value is -2.83. The van der Waals surface area contributed by atoms with E-state index in [1.54, 1.807) is 37.1 Å². The highest BCUT2D eigenvalue weighted by Gasteiger charge is 2.18. The number of rotatable bonds is 6. The molecule has 5 nitrogen and oxygen atoms in total. The average molecular weight is 443 g/mol. The van der Waals surface area contributed by atoms with Crippen LogP contribution in [0.3, 0.4) is 0 Å². The summed E-state index contributed by atoms with van der Waals surface area (Å²) < 4.78 is 28.0. The van der Waals surface area contributed by atoms with Gasteiger partial charge < -0.3 is 4.90 Å². The van der Waals surface area contributed by atoms with Gasteiger partial charge in [-0.25, -0.2) is 8.42 Å². The van der Waals surface area contributed by atoms with Gasteiger partial charge in [-0.2, -0.15) is 0 Å². The third-order valence-electron chi connectivity index (χ3n) is 4.70. The number of carbonyl (C=O) groups is 1. The lowest BCUT2D eigenvalue weighted by molar-refractivity contribution is 0.0785. The van der Waals surface area contributed by atoms with Gasteiger partial charge in [0.05, 0.1) is 10.6 Å². The molecule has 0 saturated heterocycles. The molecule has 30 heavy (non-hydrogen) atoms. The highest BCUT2D eigenvalue weighted by atomic mass is 35.5. The Morgan fingerprint density at radius 2 is 1.70 bits per heavy atom. The summed E-state index contributed by atoms with van der Waals surface area (Å²) in [4.78, 5) is 14.6. The molecule has 0 aliphatic carbocycles. The summed E-state index contributed by atoms with van der Waals surface area (Å²) in [6, 6.07) is 18.9. The van der Waals surface area contributed by atoms with Crippen LogP contribution in [0.2, 0.25) is 5.02 Å². The fourth-order valence-corrected chi connectivity index (χ4v) is 4.31. The van der Waals surface area contributed by atoms with Crippen LogP contribution in [-0.2, 0) is 16.6 Å². The van der Waals surface area contributed by atoms with E-state index in [9.17, 15) is 13.2 Å². The molecule has 7 heteroatoms. The second-order valence-corrected chi connectivity index (χ2v) is 9.36. The molecule has 0 bridgehead atoms. The molecule has 0 saturated carbocycles. The van der Waals surface area contributed by atoms with Gasteiger partial charge in [-0.3, -0.25) is 9.52 Å². The van der Waals surface area contributed by atoms with Gasteiger partial charge in [0.2, 0.25) is 0 Å². The fourth-order valence-electron chi connectivity index (χ4n) is 3.06. The van der Waals surface area contributed by atoms with Gasteiger partial charge in [0.15, 0.2) is 0 Å². The number of hydrogen-bond donors (Lipinski definition) is 1. The van der Waals surface area contributed by atoms with Crippen molar-refractivity contribution in [3.05, 3.63) is 94.0 Å². The zero-order chi connectivity index (χ0) is 21.9. The van der Waals surface area contributed by atoms with E-state index in [4.69, 9.17) is 11.6 Å². The minimum absolute atomic E-state index is 0.0968. The smallest absolute Gasteiger partial charge is 0.261 e. The maximum absolute atomic E-state index is 12.9. The highest BCUT2D eigenvalue weighted by molar-refractivity contribution is 7.92. The molecule has 0 aliphatic rings. The van der Waals surface area contributed by atoms with E-state index >= 15 is 0 Å². The van der Waals surface area contributed by atoms with Crippen LogP contribution >= 0.6 is 11.6 Å². The van der Waals surface area contributed by atoms with Crippen molar-refractivity contribution < 1.29 is 13.2 Å².